The van der Waals surface area contributed by atoms with Crippen LogP contribution in [0.15, 0.2) is 36.4 Å². The van der Waals surface area contributed by atoms with E-state index in [1.165, 1.54) is 0 Å². The molecular weight excluding hydrogens is 354 g/mol. The number of aromatic nitrogens is 1. The van der Waals surface area contributed by atoms with Gasteiger partial charge in [0, 0.05) is 12.0 Å². The average molecular weight is 381 g/mol. The number of hydrogen-bond acceptors (Lipinski definition) is 5. The number of piperidine rings is 1. The van der Waals surface area contributed by atoms with E-state index < -0.39 is 0 Å². The van der Waals surface area contributed by atoms with E-state index in [-0.39, 0.29) is 5.91 Å². The molecule has 3 heterocycles. The average Bonchev–Trinajstić information content (AvgIpc) is 2.74. The third-order valence-corrected chi connectivity index (χ3v) is 5.55. The van der Waals surface area contributed by atoms with Gasteiger partial charge in [0.25, 0.3) is 0 Å². The highest BCUT2D eigenvalue weighted by molar-refractivity contribution is 5.90. The first-order valence-electron chi connectivity index (χ1n) is 10.1. The molecule has 1 unspecified atom stereocenters. The lowest BCUT2D eigenvalue weighted by Crippen LogP contribution is -2.32. The second-order valence-electron chi connectivity index (χ2n) is 7.58. The van der Waals surface area contributed by atoms with Crippen LogP contribution >= 0.6 is 0 Å². The van der Waals surface area contributed by atoms with Crippen molar-refractivity contribution < 1.29 is 14.3 Å². The van der Waals surface area contributed by atoms with Gasteiger partial charge in [-0.25, -0.2) is 4.98 Å². The number of nitrogens with one attached hydrogen (secondary N) is 2. The summed E-state index contributed by atoms with van der Waals surface area (Å²) in [6.07, 6.45) is 2.82. The number of fused-ring (bicyclic) bond motifs is 1. The molecule has 28 heavy (non-hydrogen) atoms. The van der Waals surface area contributed by atoms with Crippen molar-refractivity contribution in [3.63, 3.8) is 0 Å². The van der Waals surface area contributed by atoms with Gasteiger partial charge in [-0.1, -0.05) is 13.0 Å². The van der Waals surface area contributed by atoms with E-state index >= 15 is 0 Å². The van der Waals surface area contributed by atoms with Gasteiger partial charge in [-0.15, -0.1) is 0 Å². The number of carbonyl (C=O) groups excluding carboxylic acids is 1. The van der Waals surface area contributed by atoms with Gasteiger partial charge in [-0.3, -0.25) is 4.79 Å². The fraction of sp³-hybridized carbons (Fsp3) is 0.455. The van der Waals surface area contributed by atoms with Crippen LogP contribution in [0.25, 0.3) is 11.3 Å². The van der Waals surface area contributed by atoms with Crippen molar-refractivity contribution in [2.24, 2.45) is 11.8 Å². The minimum Gasteiger partial charge on any atom is -0.486 e. The Kier molecular flexibility index (Phi) is 5.76. The van der Waals surface area contributed by atoms with E-state index in [4.69, 9.17) is 9.47 Å². The highest BCUT2D eigenvalue weighted by Crippen LogP contribution is 2.34. The van der Waals surface area contributed by atoms with Crippen LogP contribution in [-0.4, -0.2) is 37.2 Å². The van der Waals surface area contributed by atoms with Crippen LogP contribution in [0.2, 0.25) is 0 Å². The maximum atomic E-state index is 12.5. The number of amides is 1. The fourth-order valence-electron chi connectivity index (χ4n) is 3.93. The Labute approximate surface area is 165 Å². The van der Waals surface area contributed by atoms with Crippen LogP contribution in [0.3, 0.4) is 0 Å². The van der Waals surface area contributed by atoms with Crippen molar-refractivity contribution in [2.75, 3.05) is 31.6 Å². The number of rotatable bonds is 5. The number of carbonyl (C=O) groups is 1. The van der Waals surface area contributed by atoms with Crippen molar-refractivity contribution in [1.82, 2.24) is 10.3 Å². The summed E-state index contributed by atoms with van der Waals surface area (Å²) in [5, 5.41) is 6.34. The molecule has 1 saturated heterocycles. The Hall–Kier alpha value is -2.60. The van der Waals surface area contributed by atoms with E-state index in [0.29, 0.717) is 37.3 Å². The van der Waals surface area contributed by atoms with Crippen LogP contribution in [-0.2, 0) is 4.79 Å². The number of hydrogen-bond donors (Lipinski definition) is 2. The molecule has 0 saturated carbocycles. The lowest BCUT2D eigenvalue weighted by molar-refractivity contribution is -0.117. The molecule has 1 atom stereocenters. The van der Waals surface area contributed by atoms with Crippen molar-refractivity contribution in [3.8, 4) is 22.8 Å². The summed E-state index contributed by atoms with van der Waals surface area (Å²) in [5.41, 5.74) is 1.73. The van der Waals surface area contributed by atoms with Crippen LogP contribution < -0.4 is 20.1 Å². The second-order valence-corrected chi connectivity index (χ2v) is 7.58. The van der Waals surface area contributed by atoms with Crippen LogP contribution in [0.1, 0.15) is 26.2 Å². The molecule has 0 bridgehead atoms. The molecule has 2 N–H and O–H groups in total. The Bertz CT molecular complexity index is 834. The molecule has 4 rings (SSSR count). The Balaban J connectivity index is 1.41. The van der Waals surface area contributed by atoms with Gasteiger partial charge < -0.3 is 20.1 Å². The topological polar surface area (TPSA) is 72.5 Å². The first kappa shape index (κ1) is 18.7. The summed E-state index contributed by atoms with van der Waals surface area (Å²) >= 11 is 0. The Morgan fingerprint density at radius 2 is 1.96 bits per heavy atom. The molecule has 2 aliphatic rings. The molecule has 148 valence electrons. The number of nitrogens with zero attached hydrogens (tertiary/aromatic N) is 1. The number of anilines is 1. The molecule has 1 fully saturated rings. The van der Waals surface area contributed by atoms with E-state index in [9.17, 15) is 4.79 Å². The van der Waals surface area contributed by atoms with Crippen molar-refractivity contribution >= 4 is 11.7 Å². The van der Waals surface area contributed by atoms with Gasteiger partial charge in [-0.05, 0) is 68.1 Å². The molecule has 2 aromatic rings. The number of ether oxygens (including phenoxy) is 2. The van der Waals surface area contributed by atoms with Gasteiger partial charge in [-0.2, -0.15) is 0 Å². The predicted octanol–water partition coefficient (Wildman–Crippen LogP) is 3.48. The molecule has 6 heteroatoms. The predicted molar refractivity (Wildman–Crippen MR) is 109 cm³/mol. The zero-order valence-corrected chi connectivity index (χ0v) is 16.2. The lowest BCUT2D eigenvalue weighted by atomic mass is 9.84. The first-order chi connectivity index (χ1) is 13.7. The molecular formula is C22H27N3O3. The van der Waals surface area contributed by atoms with Crippen molar-refractivity contribution in [3.05, 3.63) is 36.4 Å². The lowest BCUT2D eigenvalue weighted by Gasteiger charge is -2.27. The summed E-state index contributed by atoms with van der Waals surface area (Å²) in [5.74, 6) is 3.09. The summed E-state index contributed by atoms with van der Waals surface area (Å²) in [7, 11) is 0. The van der Waals surface area contributed by atoms with Gasteiger partial charge in [0.1, 0.15) is 19.0 Å². The molecule has 0 radical (unpaired) electrons. The Morgan fingerprint density at radius 1 is 1.18 bits per heavy atom. The van der Waals surface area contributed by atoms with Crippen LogP contribution in [0.5, 0.6) is 11.5 Å². The molecule has 0 spiro atoms. The highest BCUT2D eigenvalue weighted by Gasteiger charge is 2.22. The van der Waals surface area contributed by atoms with E-state index in [0.717, 1.165) is 48.7 Å². The quantitative estimate of drug-likeness (QED) is 0.830. The Morgan fingerprint density at radius 3 is 2.79 bits per heavy atom. The molecule has 6 nitrogen and oxygen atoms in total. The van der Waals surface area contributed by atoms with Crippen LogP contribution in [0.4, 0.5) is 5.82 Å². The zero-order chi connectivity index (χ0) is 19.3. The number of benzene rings is 1. The summed E-state index contributed by atoms with van der Waals surface area (Å²) < 4.78 is 11.2. The first-order valence-corrected chi connectivity index (χ1v) is 10.1. The summed E-state index contributed by atoms with van der Waals surface area (Å²) in [6, 6.07) is 11.5. The summed E-state index contributed by atoms with van der Waals surface area (Å²) in [6.45, 7) is 5.40. The molecule has 1 aromatic heterocycles. The van der Waals surface area contributed by atoms with Gasteiger partial charge in [0.05, 0.1) is 5.69 Å². The third kappa shape index (κ3) is 4.44. The molecule has 1 amide bonds. The SMILES string of the molecule is CC(CC(=O)Nc1cccc(-c2ccc3c(c2)OCCO3)n1)C1CCNCC1. The standard InChI is InChI=1S/C22H27N3O3/c1-15(16-7-9-23-10-8-16)13-22(26)25-21-4-2-3-18(24-21)17-5-6-19-20(14-17)28-12-11-27-19/h2-6,14-16,23H,7-13H2,1H3,(H,24,25,26). The van der Waals surface area contributed by atoms with Crippen LogP contribution in [0, 0.1) is 11.8 Å². The minimum atomic E-state index is 0.0258. The maximum absolute atomic E-state index is 12.5. The smallest absolute Gasteiger partial charge is 0.225 e. The largest absolute Gasteiger partial charge is 0.486 e. The minimum absolute atomic E-state index is 0.0258. The molecule has 2 aliphatic heterocycles. The van der Waals surface area contributed by atoms with Crippen molar-refractivity contribution in [1.29, 1.82) is 0 Å². The zero-order valence-electron chi connectivity index (χ0n) is 16.2. The maximum Gasteiger partial charge on any atom is 0.225 e. The fourth-order valence-corrected chi connectivity index (χ4v) is 3.93. The third-order valence-electron chi connectivity index (χ3n) is 5.55. The van der Waals surface area contributed by atoms with E-state index in [2.05, 4.69) is 22.5 Å². The van der Waals surface area contributed by atoms with E-state index in [1.54, 1.807) is 0 Å². The van der Waals surface area contributed by atoms with Gasteiger partial charge in [0.2, 0.25) is 5.91 Å². The monoisotopic (exact) mass is 381 g/mol. The van der Waals surface area contributed by atoms with Gasteiger partial charge >= 0.3 is 0 Å². The second kappa shape index (κ2) is 8.61. The highest BCUT2D eigenvalue weighted by atomic mass is 16.6. The van der Waals surface area contributed by atoms with Crippen molar-refractivity contribution in [2.45, 2.75) is 26.2 Å². The summed E-state index contributed by atoms with van der Waals surface area (Å²) in [4.78, 5) is 17.1. The number of pyridine rings is 1. The van der Waals surface area contributed by atoms with Gasteiger partial charge in [0.15, 0.2) is 11.5 Å². The molecule has 1 aromatic carbocycles. The van der Waals surface area contributed by atoms with E-state index in [1.807, 2.05) is 36.4 Å². The molecule has 0 aliphatic carbocycles. The normalized spacial score (nSPS) is 17.8.